The maximum atomic E-state index is 11.9. The summed E-state index contributed by atoms with van der Waals surface area (Å²) in [6.07, 6.45) is 8.49. The first-order valence-electron chi connectivity index (χ1n) is 6.50. The van der Waals surface area contributed by atoms with Crippen LogP contribution in [0.1, 0.15) is 61.2 Å². The van der Waals surface area contributed by atoms with Gasteiger partial charge in [0.05, 0.1) is 5.69 Å². The largest absolute Gasteiger partial charge is 0.351 e. The van der Waals surface area contributed by atoms with Crippen LogP contribution in [-0.2, 0) is 0 Å². The molecule has 0 aliphatic heterocycles. The number of carbonyl (C=O) groups is 1. The number of hydrogen-bond donors (Lipinski definition) is 1. The Labute approximate surface area is 102 Å². The Morgan fingerprint density at radius 1 is 1.29 bits per heavy atom. The molecule has 1 N–H and O–H groups in total. The van der Waals surface area contributed by atoms with Crippen LogP contribution >= 0.6 is 0 Å². The normalized spacial score (nSPS) is 18.4. The molecule has 1 aliphatic rings. The lowest BCUT2D eigenvalue weighted by Crippen LogP contribution is -2.35. The summed E-state index contributed by atoms with van der Waals surface area (Å²) in [5.41, 5.74) is 0.743. The summed E-state index contributed by atoms with van der Waals surface area (Å²) in [5.74, 6) is 0.195. The third-order valence-electron chi connectivity index (χ3n) is 3.29. The summed E-state index contributed by atoms with van der Waals surface area (Å²) in [6, 6.07) is 1.98. The van der Waals surface area contributed by atoms with Crippen LogP contribution in [0, 0.1) is 6.92 Å². The fraction of sp³-hybridized carbons (Fsp3) is 0.692. The summed E-state index contributed by atoms with van der Waals surface area (Å²) in [6.45, 7) is 1.82. The number of carbonyl (C=O) groups excluding carboxylic acids is 1. The molecule has 1 aromatic rings. The van der Waals surface area contributed by atoms with Gasteiger partial charge >= 0.3 is 0 Å². The number of aromatic nitrogens is 1. The molecule has 0 aromatic carbocycles. The van der Waals surface area contributed by atoms with Gasteiger partial charge < -0.3 is 9.84 Å². The number of aryl methyl sites for hydroxylation is 1. The van der Waals surface area contributed by atoms with E-state index in [1.54, 1.807) is 6.07 Å². The summed E-state index contributed by atoms with van der Waals surface area (Å²) in [4.78, 5) is 11.9. The zero-order chi connectivity index (χ0) is 12.1. The quantitative estimate of drug-likeness (QED) is 0.859. The molecular formula is C13H20N2O2. The van der Waals surface area contributed by atoms with E-state index in [1.807, 2.05) is 6.92 Å². The molecule has 94 valence electrons. The van der Waals surface area contributed by atoms with E-state index < -0.39 is 0 Å². The summed E-state index contributed by atoms with van der Waals surface area (Å²) < 4.78 is 4.96. The zero-order valence-electron chi connectivity index (χ0n) is 10.4. The highest BCUT2D eigenvalue weighted by molar-refractivity contribution is 5.91. The first kappa shape index (κ1) is 12.1. The second kappa shape index (κ2) is 5.84. The van der Waals surface area contributed by atoms with Crippen LogP contribution in [0.25, 0.3) is 0 Å². The Balaban J connectivity index is 1.88. The highest BCUT2D eigenvalue weighted by atomic mass is 16.5. The first-order valence-corrected chi connectivity index (χ1v) is 6.50. The molecule has 4 heteroatoms. The third kappa shape index (κ3) is 3.58. The van der Waals surface area contributed by atoms with Crippen molar-refractivity contribution < 1.29 is 9.32 Å². The minimum atomic E-state index is -0.129. The predicted molar refractivity (Wildman–Crippen MR) is 64.8 cm³/mol. The van der Waals surface area contributed by atoms with Gasteiger partial charge in [0, 0.05) is 12.1 Å². The van der Waals surface area contributed by atoms with Gasteiger partial charge in [0.2, 0.25) is 5.76 Å². The van der Waals surface area contributed by atoms with Crippen LogP contribution in [0.2, 0.25) is 0 Å². The predicted octanol–water partition coefficient (Wildman–Crippen LogP) is 2.83. The van der Waals surface area contributed by atoms with Crippen molar-refractivity contribution in [1.82, 2.24) is 10.5 Å². The molecule has 1 amide bonds. The Morgan fingerprint density at radius 2 is 1.94 bits per heavy atom. The van der Waals surface area contributed by atoms with Gasteiger partial charge in [-0.1, -0.05) is 37.3 Å². The number of rotatable bonds is 2. The molecule has 0 bridgehead atoms. The van der Waals surface area contributed by atoms with Gasteiger partial charge in [-0.05, 0) is 19.8 Å². The number of hydrogen-bond acceptors (Lipinski definition) is 3. The molecule has 1 saturated carbocycles. The van der Waals surface area contributed by atoms with Gasteiger partial charge in [-0.3, -0.25) is 4.79 Å². The third-order valence-corrected chi connectivity index (χ3v) is 3.29. The van der Waals surface area contributed by atoms with Crippen molar-refractivity contribution >= 4 is 5.91 Å². The minimum absolute atomic E-state index is 0.129. The lowest BCUT2D eigenvalue weighted by atomic mass is 9.97. The van der Waals surface area contributed by atoms with E-state index in [9.17, 15) is 4.79 Å². The van der Waals surface area contributed by atoms with E-state index in [-0.39, 0.29) is 5.91 Å². The van der Waals surface area contributed by atoms with E-state index >= 15 is 0 Å². The van der Waals surface area contributed by atoms with Crippen molar-refractivity contribution in [2.45, 2.75) is 57.9 Å². The smallest absolute Gasteiger partial charge is 0.290 e. The van der Waals surface area contributed by atoms with Crippen LogP contribution in [0.15, 0.2) is 10.6 Å². The van der Waals surface area contributed by atoms with Gasteiger partial charge in [-0.2, -0.15) is 0 Å². The molecule has 17 heavy (non-hydrogen) atoms. The Hall–Kier alpha value is -1.32. The standard InChI is InChI=1S/C13H20N2O2/c1-10-9-12(17-15-10)13(16)14-11-7-5-3-2-4-6-8-11/h9,11H,2-8H2,1H3,(H,14,16). The van der Waals surface area contributed by atoms with Gasteiger partial charge in [-0.25, -0.2) is 0 Å². The van der Waals surface area contributed by atoms with E-state index in [0.29, 0.717) is 11.8 Å². The number of nitrogens with one attached hydrogen (secondary N) is 1. The van der Waals surface area contributed by atoms with Crippen molar-refractivity contribution in [3.8, 4) is 0 Å². The van der Waals surface area contributed by atoms with Crippen LogP contribution < -0.4 is 5.32 Å². The maximum Gasteiger partial charge on any atom is 0.290 e. The minimum Gasteiger partial charge on any atom is -0.351 e. The monoisotopic (exact) mass is 236 g/mol. The van der Waals surface area contributed by atoms with Gasteiger partial charge in [0.15, 0.2) is 0 Å². The number of amides is 1. The SMILES string of the molecule is Cc1cc(C(=O)NC2CCCCCCC2)on1. The molecule has 0 radical (unpaired) electrons. The van der Waals surface area contributed by atoms with E-state index in [2.05, 4.69) is 10.5 Å². The van der Waals surface area contributed by atoms with E-state index in [1.165, 1.54) is 32.1 Å². The Morgan fingerprint density at radius 3 is 2.53 bits per heavy atom. The fourth-order valence-corrected chi connectivity index (χ4v) is 2.33. The van der Waals surface area contributed by atoms with Crippen LogP contribution in [0.5, 0.6) is 0 Å². The first-order chi connectivity index (χ1) is 8.25. The molecule has 2 rings (SSSR count). The lowest BCUT2D eigenvalue weighted by molar-refractivity contribution is 0.0893. The molecule has 0 spiro atoms. The Bertz CT molecular complexity index is 365. The molecule has 1 heterocycles. The van der Waals surface area contributed by atoms with Crippen molar-refractivity contribution in [3.63, 3.8) is 0 Å². The summed E-state index contributed by atoms with van der Waals surface area (Å²) >= 11 is 0. The highest BCUT2D eigenvalue weighted by Crippen LogP contribution is 2.17. The number of nitrogens with zero attached hydrogens (tertiary/aromatic N) is 1. The summed E-state index contributed by atoms with van der Waals surface area (Å²) in [5, 5.41) is 6.77. The molecular weight excluding hydrogens is 216 g/mol. The van der Waals surface area contributed by atoms with Crippen LogP contribution in [0.4, 0.5) is 0 Å². The molecule has 0 atom stereocenters. The van der Waals surface area contributed by atoms with Crippen molar-refractivity contribution in [1.29, 1.82) is 0 Å². The second-order valence-electron chi connectivity index (χ2n) is 4.85. The molecule has 1 fully saturated rings. The van der Waals surface area contributed by atoms with Crippen molar-refractivity contribution in [2.24, 2.45) is 0 Å². The van der Waals surface area contributed by atoms with Gasteiger partial charge in [0.1, 0.15) is 0 Å². The highest BCUT2D eigenvalue weighted by Gasteiger charge is 2.17. The molecule has 0 saturated heterocycles. The average molecular weight is 236 g/mol. The van der Waals surface area contributed by atoms with Crippen LogP contribution in [0.3, 0.4) is 0 Å². The maximum absolute atomic E-state index is 11.9. The molecule has 1 aromatic heterocycles. The van der Waals surface area contributed by atoms with Crippen LogP contribution in [-0.4, -0.2) is 17.1 Å². The van der Waals surface area contributed by atoms with E-state index in [0.717, 1.165) is 18.5 Å². The average Bonchev–Trinajstić information content (AvgIpc) is 2.68. The lowest BCUT2D eigenvalue weighted by Gasteiger charge is -2.20. The molecule has 4 nitrogen and oxygen atoms in total. The van der Waals surface area contributed by atoms with E-state index in [4.69, 9.17) is 4.52 Å². The summed E-state index contributed by atoms with van der Waals surface area (Å²) in [7, 11) is 0. The molecule has 1 aliphatic carbocycles. The van der Waals surface area contributed by atoms with Gasteiger partial charge in [-0.15, -0.1) is 0 Å². The van der Waals surface area contributed by atoms with Crippen molar-refractivity contribution in [3.05, 3.63) is 17.5 Å². The Kier molecular flexibility index (Phi) is 4.18. The zero-order valence-corrected chi connectivity index (χ0v) is 10.4. The fourth-order valence-electron chi connectivity index (χ4n) is 2.33. The van der Waals surface area contributed by atoms with Gasteiger partial charge in [0.25, 0.3) is 5.91 Å². The molecule has 0 unspecified atom stereocenters. The van der Waals surface area contributed by atoms with Crippen molar-refractivity contribution in [2.75, 3.05) is 0 Å². The topological polar surface area (TPSA) is 55.1 Å². The second-order valence-corrected chi connectivity index (χ2v) is 4.85.